The van der Waals surface area contributed by atoms with Crippen molar-refractivity contribution in [3.8, 4) is 0 Å². The summed E-state index contributed by atoms with van der Waals surface area (Å²) in [4.78, 5) is 16.4. The minimum Gasteiger partial charge on any atom is -0.370 e. The first-order chi connectivity index (χ1) is 8.70. The Morgan fingerprint density at radius 3 is 3.00 bits per heavy atom. The van der Waals surface area contributed by atoms with Gasteiger partial charge < -0.3 is 10.6 Å². The fourth-order valence-corrected chi connectivity index (χ4v) is 2.11. The van der Waals surface area contributed by atoms with Crippen LogP contribution in [0.2, 0.25) is 0 Å². The predicted molar refractivity (Wildman–Crippen MR) is 72.7 cm³/mol. The van der Waals surface area contributed by atoms with Crippen molar-refractivity contribution in [2.75, 3.05) is 11.9 Å². The third-order valence-corrected chi connectivity index (χ3v) is 3.16. The first kappa shape index (κ1) is 12.9. The first-order valence-corrected chi connectivity index (χ1v) is 6.70. The molecule has 0 saturated heterocycles. The van der Waals surface area contributed by atoms with E-state index in [1.807, 2.05) is 13.0 Å². The number of rotatable bonds is 6. The molecule has 0 radical (unpaired) electrons. The second-order valence-electron chi connectivity index (χ2n) is 4.98. The highest BCUT2D eigenvalue weighted by Gasteiger charge is 2.24. The van der Waals surface area contributed by atoms with Crippen LogP contribution in [0.15, 0.2) is 18.3 Å². The number of carbonyl (C=O) groups excluding carboxylic acids is 1. The molecular formula is C14H21N3O. The Morgan fingerprint density at radius 2 is 2.33 bits per heavy atom. The zero-order valence-corrected chi connectivity index (χ0v) is 11.1. The van der Waals surface area contributed by atoms with Crippen molar-refractivity contribution in [3.05, 3.63) is 23.9 Å². The molecule has 1 aliphatic carbocycles. The maximum atomic E-state index is 12.2. The summed E-state index contributed by atoms with van der Waals surface area (Å²) < 4.78 is 0. The van der Waals surface area contributed by atoms with E-state index in [2.05, 4.69) is 22.5 Å². The lowest BCUT2D eigenvalue weighted by Gasteiger charge is -2.15. The van der Waals surface area contributed by atoms with Crippen molar-refractivity contribution in [1.29, 1.82) is 0 Å². The predicted octanol–water partition coefficient (Wildman–Crippen LogP) is 2.43. The molecule has 1 aromatic rings. The second kappa shape index (κ2) is 5.85. The van der Waals surface area contributed by atoms with Crippen molar-refractivity contribution >= 4 is 11.7 Å². The summed E-state index contributed by atoms with van der Waals surface area (Å²) in [5.41, 5.74) is 0.627. The molecule has 2 N–H and O–H groups in total. The summed E-state index contributed by atoms with van der Waals surface area (Å²) >= 11 is 0. The Bertz CT molecular complexity index is 415. The third kappa shape index (κ3) is 3.45. The van der Waals surface area contributed by atoms with Gasteiger partial charge in [0, 0.05) is 18.8 Å². The van der Waals surface area contributed by atoms with Gasteiger partial charge in [0.25, 0.3) is 5.91 Å². The summed E-state index contributed by atoms with van der Waals surface area (Å²) in [6.07, 6.45) is 5.41. The van der Waals surface area contributed by atoms with Gasteiger partial charge in [0.1, 0.15) is 5.82 Å². The molecule has 0 bridgehead atoms. The molecule has 98 valence electrons. The molecule has 1 aliphatic rings. The fraction of sp³-hybridized carbons (Fsp3) is 0.571. The van der Waals surface area contributed by atoms with Crippen LogP contribution in [0.25, 0.3) is 0 Å². The minimum absolute atomic E-state index is 0.0350. The standard InChI is InChI=1S/C14H21N3O/c1-3-15-13-12(5-4-8-16-13)14(18)17-10(2)9-11-6-7-11/h4-5,8,10-11H,3,6-7,9H2,1-2H3,(H,15,16)(H,17,18). The van der Waals surface area contributed by atoms with Gasteiger partial charge in [-0.25, -0.2) is 4.98 Å². The van der Waals surface area contributed by atoms with E-state index in [1.165, 1.54) is 12.8 Å². The summed E-state index contributed by atoms with van der Waals surface area (Å²) in [6, 6.07) is 3.84. The van der Waals surface area contributed by atoms with E-state index < -0.39 is 0 Å². The van der Waals surface area contributed by atoms with Gasteiger partial charge in [-0.3, -0.25) is 4.79 Å². The van der Waals surface area contributed by atoms with Gasteiger partial charge in [-0.1, -0.05) is 12.8 Å². The molecular weight excluding hydrogens is 226 g/mol. The molecule has 1 amide bonds. The van der Waals surface area contributed by atoms with Crippen LogP contribution >= 0.6 is 0 Å². The molecule has 1 unspecified atom stereocenters. The normalized spacial score (nSPS) is 16.1. The van der Waals surface area contributed by atoms with E-state index in [0.29, 0.717) is 11.4 Å². The largest absolute Gasteiger partial charge is 0.370 e. The average molecular weight is 247 g/mol. The number of amides is 1. The van der Waals surface area contributed by atoms with Crippen LogP contribution in [0, 0.1) is 5.92 Å². The quantitative estimate of drug-likeness (QED) is 0.811. The zero-order valence-electron chi connectivity index (χ0n) is 11.1. The molecule has 18 heavy (non-hydrogen) atoms. The lowest BCUT2D eigenvalue weighted by molar-refractivity contribution is 0.0938. The van der Waals surface area contributed by atoms with E-state index >= 15 is 0 Å². The Hall–Kier alpha value is -1.58. The summed E-state index contributed by atoms with van der Waals surface area (Å²) in [6.45, 7) is 4.82. The van der Waals surface area contributed by atoms with Crippen LogP contribution in [0.5, 0.6) is 0 Å². The topological polar surface area (TPSA) is 54.0 Å². The highest BCUT2D eigenvalue weighted by atomic mass is 16.1. The number of carbonyl (C=O) groups is 1. The SMILES string of the molecule is CCNc1ncccc1C(=O)NC(C)CC1CC1. The van der Waals surface area contributed by atoms with Gasteiger partial charge >= 0.3 is 0 Å². The van der Waals surface area contributed by atoms with Gasteiger partial charge in [-0.05, 0) is 38.3 Å². The molecule has 1 saturated carbocycles. The van der Waals surface area contributed by atoms with E-state index in [9.17, 15) is 4.79 Å². The number of pyridine rings is 1. The molecule has 4 nitrogen and oxygen atoms in total. The number of aromatic nitrogens is 1. The Morgan fingerprint density at radius 1 is 1.56 bits per heavy atom. The third-order valence-electron chi connectivity index (χ3n) is 3.16. The molecule has 2 rings (SSSR count). The fourth-order valence-electron chi connectivity index (χ4n) is 2.11. The number of hydrogen-bond acceptors (Lipinski definition) is 3. The summed E-state index contributed by atoms with van der Waals surface area (Å²) in [5, 5.41) is 6.16. The van der Waals surface area contributed by atoms with Crippen LogP contribution in [-0.2, 0) is 0 Å². The summed E-state index contributed by atoms with van der Waals surface area (Å²) in [5.74, 6) is 1.45. The molecule has 0 spiro atoms. The van der Waals surface area contributed by atoms with Crippen molar-refractivity contribution in [2.24, 2.45) is 5.92 Å². The molecule has 1 aromatic heterocycles. The lowest BCUT2D eigenvalue weighted by Crippen LogP contribution is -2.33. The molecule has 1 fully saturated rings. The maximum Gasteiger partial charge on any atom is 0.255 e. The van der Waals surface area contributed by atoms with Crippen molar-refractivity contribution in [3.63, 3.8) is 0 Å². The van der Waals surface area contributed by atoms with E-state index in [0.717, 1.165) is 18.9 Å². The maximum absolute atomic E-state index is 12.2. The van der Waals surface area contributed by atoms with E-state index in [-0.39, 0.29) is 11.9 Å². The monoisotopic (exact) mass is 247 g/mol. The number of nitrogens with one attached hydrogen (secondary N) is 2. The van der Waals surface area contributed by atoms with Crippen LogP contribution in [0.3, 0.4) is 0 Å². The summed E-state index contributed by atoms with van der Waals surface area (Å²) in [7, 11) is 0. The van der Waals surface area contributed by atoms with Gasteiger partial charge in [0.2, 0.25) is 0 Å². The van der Waals surface area contributed by atoms with Crippen molar-refractivity contribution < 1.29 is 4.79 Å². The molecule has 1 atom stereocenters. The highest BCUT2D eigenvalue weighted by Crippen LogP contribution is 2.33. The van der Waals surface area contributed by atoms with Crippen LogP contribution in [0.1, 0.15) is 43.5 Å². The van der Waals surface area contributed by atoms with Crippen LogP contribution in [0.4, 0.5) is 5.82 Å². The van der Waals surface area contributed by atoms with Crippen molar-refractivity contribution in [1.82, 2.24) is 10.3 Å². The van der Waals surface area contributed by atoms with Gasteiger partial charge in [-0.2, -0.15) is 0 Å². The smallest absolute Gasteiger partial charge is 0.255 e. The lowest BCUT2D eigenvalue weighted by atomic mass is 10.1. The van der Waals surface area contributed by atoms with Crippen LogP contribution in [-0.4, -0.2) is 23.5 Å². The Balaban J connectivity index is 1.98. The molecule has 0 aromatic carbocycles. The molecule has 1 heterocycles. The van der Waals surface area contributed by atoms with Crippen LogP contribution < -0.4 is 10.6 Å². The van der Waals surface area contributed by atoms with E-state index in [1.54, 1.807) is 12.3 Å². The Kier molecular flexibility index (Phi) is 4.18. The highest BCUT2D eigenvalue weighted by molar-refractivity contribution is 5.98. The number of hydrogen-bond donors (Lipinski definition) is 2. The second-order valence-corrected chi connectivity index (χ2v) is 4.98. The molecule has 4 heteroatoms. The molecule has 0 aliphatic heterocycles. The van der Waals surface area contributed by atoms with Gasteiger partial charge in [-0.15, -0.1) is 0 Å². The Labute approximate surface area is 108 Å². The van der Waals surface area contributed by atoms with E-state index in [4.69, 9.17) is 0 Å². The van der Waals surface area contributed by atoms with Gasteiger partial charge in [0.15, 0.2) is 0 Å². The minimum atomic E-state index is -0.0350. The van der Waals surface area contributed by atoms with Crippen molar-refractivity contribution in [2.45, 2.75) is 39.2 Å². The van der Waals surface area contributed by atoms with Gasteiger partial charge in [0.05, 0.1) is 5.56 Å². The number of nitrogens with zero attached hydrogens (tertiary/aromatic N) is 1. The zero-order chi connectivity index (χ0) is 13.0. The number of anilines is 1. The average Bonchev–Trinajstić information content (AvgIpc) is 3.13. The first-order valence-electron chi connectivity index (χ1n) is 6.70.